The molecule has 0 unspecified atom stereocenters. The zero-order chi connectivity index (χ0) is 14.9. The first-order valence-corrected chi connectivity index (χ1v) is 5.31. The van der Waals surface area contributed by atoms with Crippen LogP contribution >= 0.6 is 0 Å². The maximum Gasteiger partial charge on any atom is 0.373 e. The largest absolute Gasteiger partial charge is 0.475 e. The molecular weight excluding hydrogens is 279 g/mol. The van der Waals surface area contributed by atoms with E-state index in [4.69, 9.17) is 14.3 Å². The number of carboxylic acid groups (broad SMARTS) is 1. The Bertz CT molecular complexity index is 646. The number of oxazole rings is 1. The van der Waals surface area contributed by atoms with E-state index in [-0.39, 0.29) is 23.8 Å². The first kappa shape index (κ1) is 14.1. The van der Waals surface area contributed by atoms with Gasteiger partial charge in [-0.2, -0.15) is 0 Å². The molecule has 2 aromatic rings. The van der Waals surface area contributed by atoms with Crippen molar-refractivity contribution in [2.24, 2.45) is 0 Å². The number of benzene rings is 1. The molecule has 0 atom stereocenters. The van der Waals surface area contributed by atoms with Crippen molar-refractivity contribution >= 4 is 5.97 Å². The molecule has 20 heavy (non-hydrogen) atoms. The van der Waals surface area contributed by atoms with Crippen molar-refractivity contribution in [1.29, 1.82) is 0 Å². The van der Waals surface area contributed by atoms with E-state index in [0.717, 1.165) is 0 Å². The Morgan fingerprint density at radius 3 is 2.45 bits per heavy atom. The van der Waals surface area contributed by atoms with Gasteiger partial charge in [-0.15, -0.1) is 0 Å². The molecule has 0 radical (unpaired) electrons. The zero-order valence-electron chi connectivity index (χ0n) is 10.1. The highest BCUT2D eigenvalue weighted by Crippen LogP contribution is 2.25. The van der Waals surface area contributed by atoms with Crippen LogP contribution in [0.2, 0.25) is 0 Å². The fourth-order valence-corrected chi connectivity index (χ4v) is 1.56. The number of hydrogen-bond donors (Lipinski definition) is 1. The summed E-state index contributed by atoms with van der Waals surface area (Å²) in [4.78, 5) is 14.7. The lowest BCUT2D eigenvalue weighted by Crippen LogP contribution is -2.00. The predicted octanol–water partition coefficient (Wildman–Crippen LogP) is 2.60. The summed E-state index contributed by atoms with van der Waals surface area (Å²) in [6, 6.07) is 1.32. The fourth-order valence-electron chi connectivity index (χ4n) is 1.56. The summed E-state index contributed by atoms with van der Waals surface area (Å²) in [5.41, 5.74) is -0.258. The van der Waals surface area contributed by atoms with Gasteiger partial charge in [0, 0.05) is 12.7 Å². The number of ether oxygens (including phenoxy) is 1. The predicted molar refractivity (Wildman–Crippen MR) is 59.5 cm³/mol. The summed E-state index contributed by atoms with van der Waals surface area (Å²) in [5.74, 6) is -6.74. The van der Waals surface area contributed by atoms with E-state index in [1.165, 1.54) is 7.11 Å². The van der Waals surface area contributed by atoms with E-state index in [9.17, 15) is 18.0 Å². The van der Waals surface area contributed by atoms with Crippen molar-refractivity contribution in [3.05, 3.63) is 41.0 Å². The van der Waals surface area contributed by atoms with Gasteiger partial charge in [0.1, 0.15) is 5.69 Å². The third kappa shape index (κ3) is 2.50. The molecule has 0 spiro atoms. The van der Waals surface area contributed by atoms with Gasteiger partial charge in [0.05, 0.1) is 6.61 Å². The molecule has 0 amide bonds. The molecule has 1 aromatic carbocycles. The quantitative estimate of drug-likeness (QED) is 0.875. The highest BCUT2D eigenvalue weighted by molar-refractivity contribution is 5.86. The van der Waals surface area contributed by atoms with E-state index in [1.807, 2.05) is 0 Å². The molecule has 5 nitrogen and oxygen atoms in total. The van der Waals surface area contributed by atoms with Crippen LogP contribution in [0.5, 0.6) is 0 Å². The molecule has 0 saturated heterocycles. The van der Waals surface area contributed by atoms with Gasteiger partial charge < -0.3 is 14.3 Å². The van der Waals surface area contributed by atoms with E-state index in [0.29, 0.717) is 12.1 Å². The minimum atomic E-state index is -1.63. The van der Waals surface area contributed by atoms with Crippen LogP contribution in [0.4, 0.5) is 13.2 Å². The first-order valence-electron chi connectivity index (χ1n) is 5.31. The number of nitrogens with zero attached hydrogens (tertiary/aromatic N) is 1. The summed E-state index contributed by atoms with van der Waals surface area (Å²) >= 11 is 0. The van der Waals surface area contributed by atoms with E-state index in [2.05, 4.69) is 4.98 Å². The van der Waals surface area contributed by atoms with Gasteiger partial charge in [0.2, 0.25) is 11.7 Å². The van der Waals surface area contributed by atoms with Crippen molar-refractivity contribution in [3.63, 3.8) is 0 Å². The molecule has 106 valence electrons. The van der Waals surface area contributed by atoms with Crippen molar-refractivity contribution in [2.45, 2.75) is 6.61 Å². The molecule has 0 aliphatic carbocycles. The number of halogens is 3. The number of aromatic nitrogens is 1. The molecule has 1 aromatic heterocycles. The first-order chi connectivity index (χ1) is 9.43. The average Bonchev–Trinajstić information content (AvgIpc) is 2.80. The van der Waals surface area contributed by atoms with Crippen molar-refractivity contribution < 1.29 is 32.2 Å². The van der Waals surface area contributed by atoms with Crippen LogP contribution in [0.25, 0.3) is 11.5 Å². The summed E-state index contributed by atoms with van der Waals surface area (Å²) in [6.07, 6.45) is 0. The Hall–Kier alpha value is -2.35. The molecule has 0 fully saturated rings. The highest BCUT2D eigenvalue weighted by atomic mass is 19.2. The van der Waals surface area contributed by atoms with Crippen molar-refractivity contribution in [2.75, 3.05) is 7.11 Å². The molecule has 1 N–H and O–H groups in total. The highest BCUT2D eigenvalue weighted by Gasteiger charge is 2.22. The van der Waals surface area contributed by atoms with E-state index < -0.39 is 29.2 Å². The number of methoxy groups -OCH3 is 1. The summed E-state index contributed by atoms with van der Waals surface area (Å²) in [6.45, 7) is -0.155. The van der Waals surface area contributed by atoms with Gasteiger partial charge in [-0.05, 0) is 12.1 Å². The van der Waals surface area contributed by atoms with Gasteiger partial charge in [0.15, 0.2) is 17.5 Å². The second-order valence-electron chi connectivity index (χ2n) is 3.79. The van der Waals surface area contributed by atoms with E-state index in [1.54, 1.807) is 0 Å². The van der Waals surface area contributed by atoms with Crippen LogP contribution in [0.3, 0.4) is 0 Å². The molecule has 0 aliphatic rings. The minimum Gasteiger partial charge on any atom is -0.475 e. The van der Waals surface area contributed by atoms with Gasteiger partial charge in [-0.25, -0.2) is 22.9 Å². The maximum atomic E-state index is 13.1. The Kier molecular flexibility index (Phi) is 3.75. The SMILES string of the molecule is COCc1nc(-c2cc(F)c(F)c(F)c2)oc1C(=O)O. The standard InChI is InChI=1S/C12H8F3NO4/c1-19-4-8-10(12(17)18)20-11(16-8)5-2-6(13)9(15)7(14)3-5/h2-3H,4H2,1H3,(H,17,18). The molecule has 2 rings (SSSR count). The lowest BCUT2D eigenvalue weighted by molar-refractivity contribution is 0.0656. The zero-order valence-corrected chi connectivity index (χ0v) is 10.1. The van der Waals surface area contributed by atoms with Crippen molar-refractivity contribution in [3.8, 4) is 11.5 Å². The lowest BCUT2D eigenvalue weighted by Gasteiger charge is -1.98. The molecule has 0 saturated carbocycles. The Morgan fingerprint density at radius 2 is 1.95 bits per heavy atom. The maximum absolute atomic E-state index is 13.1. The van der Waals surface area contributed by atoms with Crippen LogP contribution in [0.15, 0.2) is 16.5 Å². The number of rotatable bonds is 4. The molecule has 0 aliphatic heterocycles. The Morgan fingerprint density at radius 1 is 1.35 bits per heavy atom. The van der Waals surface area contributed by atoms with Crippen LogP contribution in [0, 0.1) is 17.5 Å². The summed E-state index contributed by atoms with van der Waals surface area (Å²) < 4.78 is 48.7. The second kappa shape index (κ2) is 5.33. The molecular formula is C12H8F3NO4. The Labute approximate surface area is 110 Å². The van der Waals surface area contributed by atoms with Crippen LogP contribution < -0.4 is 0 Å². The monoisotopic (exact) mass is 287 g/mol. The van der Waals surface area contributed by atoms with Gasteiger partial charge in [-0.3, -0.25) is 0 Å². The van der Waals surface area contributed by atoms with Crippen LogP contribution in [-0.2, 0) is 11.3 Å². The van der Waals surface area contributed by atoms with Gasteiger partial charge in [-0.1, -0.05) is 0 Å². The summed E-state index contributed by atoms with van der Waals surface area (Å²) in [7, 11) is 1.32. The number of carbonyl (C=O) groups is 1. The Balaban J connectivity index is 2.53. The molecule has 1 heterocycles. The third-order valence-corrected chi connectivity index (χ3v) is 2.40. The normalized spacial score (nSPS) is 10.8. The minimum absolute atomic E-state index is 0.0415. The summed E-state index contributed by atoms with van der Waals surface area (Å²) in [5, 5.41) is 8.91. The smallest absolute Gasteiger partial charge is 0.373 e. The average molecular weight is 287 g/mol. The van der Waals surface area contributed by atoms with Crippen LogP contribution in [-0.4, -0.2) is 23.2 Å². The fraction of sp³-hybridized carbons (Fsp3) is 0.167. The lowest BCUT2D eigenvalue weighted by atomic mass is 10.2. The second-order valence-corrected chi connectivity index (χ2v) is 3.79. The van der Waals surface area contributed by atoms with E-state index >= 15 is 0 Å². The molecule has 8 heteroatoms. The number of aromatic carboxylic acids is 1. The third-order valence-electron chi connectivity index (χ3n) is 2.40. The van der Waals surface area contributed by atoms with Crippen molar-refractivity contribution in [1.82, 2.24) is 4.98 Å². The van der Waals surface area contributed by atoms with Gasteiger partial charge >= 0.3 is 5.97 Å². The number of hydrogen-bond acceptors (Lipinski definition) is 4. The van der Waals surface area contributed by atoms with Gasteiger partial charge in [0.25, 0.3) is 0 Å². The molecule has 0 bridgehead atoms. The number of carboxylic acids is 1. The van der Waals surface area contributed by atoms with Crippen LogP contribution in [0.1, 0.15) is 16.2 Å². The topological polar surface area (TPSA) is 72.6 Å².